The van der Waals surface area contributed by atoms with Gasteiger partial charge in [-0.3, -0.25) is 4.79 Å². The molecule has 0 atom stereocenters. The summed E-state index contributed by atoms with van der Waals surface area (Å²) in [5.74, 6) is 0.507. The number of pyridine rings is 1. The van der Waals surface area contributed by atoms with Gasteiger partial charge in [-0.15, -0.1) is 0 Å². The van der Waals surface area contributed by atoms with Crippen molar-refractivity contribution in [2.45, 2.75) is 26.8 Å². The van der Waals surface area contributed by atoms with Crippen molar-refractivity contribution in [1.29, 1.82) is 0 Å². The molecule has 0 aliphatic carbocycles. The zero-order valence-corrected chi connectivity index (χ0v) is 14.1. The van der Waals surface area contributed by atoms with Crippen LogP contribution in [0, 0.1) is 13.8 Å². The van der Waals surface area contributed by atoms with Crippen LogP contribution < -0.4 is 10.1 Å². The summed E-state index contributed by atoms with van der Waals surface area (Å²) in [7, 11) is 1.57. The molecule has 0 fully saturated rings. The zero-order chi connectivity index (χ0) is 17.1. The Balaban J connectivity index is 1.65. The van der Waals surface area contributed by atoms with Gasteiger partial charge < -0.3 is 14.5 Å². The Bertz CT molecular complexity index is 866. The van der Waals surface area contributed by atoms with Crippen LogP contribution in [0.3, 0.4) is 0 Å². The first-order valence-corrected chi connectivity index (χ1v) is 7.80. The SMILES string of the molecule is COc1ccc(CNC(=O)Cc2coc3cc(C)c(C)cc23)cn1. The van der Waals surface area contributed by atoms with Gasteiger partial charge in [0.1, 0.15) is 5.58 Å². The molecule has 3 rings (SSSR count). The second-order valence-electron chi connectivity index (χ2n) is 5.86. The van der Waals surface area contributed by atoms with E-state index >= 15 is 0 Å². The number of nitrogens with one attached hydrogen (secondary N) is 1. The number of aromatic nitrogens is 1. The van der Waals surface area contributed by atoms with Crippen molar-refractivity contribution in [2.24, 2.45) is 0 Å². The number of carbonyl (C=O) groups is 1. The van der Waals surface area contributed by atoms with Crippen LogP contribution in [-0.2, 0) is 17.8 Å². The van der Waals surface area contributed by atoms with Crippen molar-refractivity contribution < 1.29 is 13.9 Å². The monoisotopic (exact) mass is 324 g/mol. The van der Waals surface area contributed by atoms with Gasteiger partial charge in [0.2, 0.25) is 11.8 Å². The molecule has 0 radical (unpaired) electrons. The number of rotatable bonds is 5. The molecule has 1 N–H and O–H groups in total. The van der Waals surface area contributed by atoms with Crippen molar-refractivity contribution in [1.82, 2.24) is 10.3 Å². The number of aryl methyl sites for hydroxylation is 2. The van der Waals surface area contributed by atoms with Gasteiger partial charge in [-0.05, 0) is 42.7 Å². The van der Waals surface area contributed by atoms with Crippen molar-refractivity contribution in [3.8, 4) is 5.88 Å². The van der Waals surface area contributed by atoms with E-state index in [1.54, 1.807) is 25.6 Å². The Morgan fingerprint density at radius 3 is 2.75 bits per heavy atom. The summed E-state index contributed by atoms with van der Waals surface area (Å²) in [5, 5.41) is 3.90. The van der Waals surface area contributed by atoms with E-state index in [-0.39, 0.29) is 5.91 Å². The standard InChI is InChI=1S/C19H20N2O3/c1-12-6-16-15(11-24-17(16)7-13(12)2)8-18(22)20-9-14-4-5-19(23-3)21-10-14/h4-7,10-11H,8-9H2,1-3H3,(H,20,22). The van der Waals surface area contributed by atoms with Crippen LogP contribution in [0.15, 0.2) is 41.1 Å². The highest BCUT2D eigenvalue weighted by Crippen LogP contribution is 2.25. The number of nitrogens with zero attached hydrogens (tertiary/aromatic N) is 1. The summed E-state index contributed by atoms with van der Waals surface area (Å²) in [6, 6.07) is 7.74. The minimum absolute atomic E-state index is 0.0493. The molecule has 0 unspecified atom stereocenters. The third-order valence-corrected chi connectivity index (χ3v) is 4.12. The lowest BCUT2D eigenvalue weighted by atomic mass is 10.0. The van der Waals surface area contributed by atoms with Gasteiger partial charge in [0.15, 0.2) is 0 Å². The summed E-state index contributed by atoms with van der Waals surface area (Å²) < 4.78 is 10.6. The molecule has 0 aliphatic rings. The molecule has 0 saturated heterocycles. The smallest absolute Gasteiger partial charge is 0.224 e. The van der Waals surface area contributed by atoms with Crippen LogP contribution in [0.1, 0.15) is 22.3 Å². The summed E-state index contributed by atoms with van der Waals surface area (Å²) in [4.78, 5) is 16.3. The van der Waals surface area contributed by atoms with Crippen LogP contribution in [0.4, 0.5) is 0 Å². The maximum atomic E-state index is 12.2. The molecule has 0 saturated carbocycles. The molecule has 0 bridgehead atoms. The highest BCUT2D eigenvalue weighted by atomic mass is 16.5. The lowest BCUT2D eigenvalue weighted by Gasteiger charge is -2.06. The molecule has 1 amide bonds. The van der Waals surface area contributed by atoms with Crippen molar-refractivity contribution in [3.63, 3.8) is 0 Å². The highest BCUT2D eigenvalue weighted by molar-refractivity contribution is 5.88. The normalized spacial score (nSPS) is 10.8. The van der Waals surface area contributed by atoms with E-state index in [1.807, 2.05) is 19.1 Å². The molecule has 2 heterocycles. The third-order valence-electron chi connectivity index (χ3n) is 4.12. The van der Waals surface area contributed by atoms with Gasteiger partial charge in [-0.1, -0.05) is 6.07 Å². The molecule has 24 heavy (non-hydrogen) atoms. The number of carbonyl (C=O) groups excluding carboxylic acids is 1. The van der Waals surface area contributed by atoms with Gasteiger partial charge in [-0.25, -0.2) is 4.98 Å². The first-order valence-electron chi connectivity index (χ1n) is 7.80. The summed E-state index contributed by atoms with van der Waals surface area (Å²) >= 11 is 0. The van der Waals surface area contributed by atoms with E-state index in [0.717, 1.165) is 22.1 Å². The van der Waals surface area contributed by atoms with Gasteiger partial charge in [0.05, 0.1) is 19.8 Å². The molecule has 124 valence electrons. The minimum Gasteiger partial charge on any atom is -0.481 e. The summed E-state index contributed by atoms with van der Waals surface area (Å²) in [6.07, 6.45) is 3.65. The van der Waals surface area contributed by atoms with Crippen LogP contribution in [0.25, 0.3) is 11.0 Å². The van der Waals surface area contributed by atoms with E-state index in [1.165, 1.54) is 11.1 Å². The Morgan fingerprint density at radius 2 is 2.04 bits per heavy atom. The van der Waals surface area contributed by atoms with E-state index < -0.39 is 0 Å². The zero-order valence-electron chi connectivity index (χ0n) is 14.1. The second kappa shape index (κ2) is 6.74. The fourth-order valence-electron chi connectivity index (χ4n) is 2.55. The molecule has 3 aromatic rings. The third kappa shape index (κ3) is 3.40. The van der Waals surface area contributed by atoms with Crippen LogP contribution in [0.5, 0.6) is 5.88 Å². The molecule has 5 nitrogen and oxygen atoms in total. The molecule has 2 aromatic heterocycles. The topological polar surface area (TPSA) is 64.4 Å². The second-order valence-corrected chi connectivity index (χ2v) is 5.86. The molecule has 0 aliphatic heterocycles. The molecular formula is C19H20N2O3. The average Bonchev–Trinajstić information content (AvgIpc) is 2.95. The highest BCUT2D eigenvalue weighted by Gasteiger charge is 2.11. The van der Waals surface area contributed by atoms with Gasteiger partial charge in [-0.2, -0.15) is 0 Å². The predicted octanol–water partition coefficient (Wildman–Crippen LogP) is 3.31. The number of fused-ring (bicyclic) bond motifs is 1. The number of methoxy groups -OCH3 is 1. The lowest BCUT2D eigenvalue weighted by molar-refractivity contribution is -0.120. The van der Waals surface area contributed by atoms with Crippen molar-refractivity contribution in [2.75, 3.05) is 7.11 Å². The molecular weight excluding hydrogens is 304 g/mol. The number of benzene rings is 1. The number of hydrogen-bond acceptors (Lipinski definition) is 4. The fourth-order valence-corrected chi connectivity index (χ4v) is 2.55. The van der Waals surface area contributed by atoms with Crippen LogP contribution in [0.2, 0.25) is 0 Å². The summed E-state index contributed by atoms with van der Waals surface area (Å²) in [5.41, 5.74) is 5.01. The average molecular weight is 324 g/mol. The maximum Gasteiger partial charge on any atom is 0.224 e. The number of hydrogen-bond donors (Lipinski definition) is 1. The van der Waals surface area contributed by atoms with Crippen molar-refractivity contribution in [3.05, 3.63) is 59.0 Å². The first kappa shape index (κ1) is 16.1. The van der Waals surface area contributed by atoms with Crippen LogP contribution in [-0.4, -0.2) is 18.0 Å². The first-order chi connectivity index (χ1) is 11.6. The fraction of sp³-hybridized carbons (Fsp3) is 0.263. The number of ether oxygens (including phenoxy) is 1. The minimum atomic E-state index is -0.0493. The van der Waals surface area contributed by atoms with E-state index in [4.69, 9.17) is 9.15 Å². The largest absolute Gasteiger partial charge is 0.481 e. The molecule has 1 aromatic carbocycles. The Kier molecular flexibility index (Phi) is 4.51. The Hall–Kier alpha value is -2.82. The van der Waals surface area contributed by atoms with E-state index in [9.17, 15) is 4.79 Å². The molecule has 5 heteroatoms. The predicted molar refractivity (Wildman–Crippen MR) is 92.0 cm³/mol. The van der Waals surface area contributed by atoms with E-state index in [0.29, 0.717) is 18.8 Å². The van der Waals surface area contributed by atoms with Gasteiger partial charge in [0, 0.05) is 29.8 Å². The van der Waals surface area contributed by atoms with E-state index in [2.05, 4.69) is 23.3 Å². The van der Waals surface area contributed by atoms with Crippen molar-refractivity contribution >= 4 is 16.9 Å². The lowest BCUT2D eigenvalue weighted by Crippen LogP contribution is -2.24. The number of amides is 1. The Labute approximate surface area is 140 Å². The maximum absolute atomic E-state index is 12.2. The quantitative estimate of drug-likeness (QED) is 0.782. The Morgan fingerprint density at radius 1 is 1.25 bits per heavy atom. The molecule has 0 spiro atoms. The van der Waals surface area contributed by atoms with Crippen LogP contribution >= 0.6 is 0 Å². The number of furan rings is 1. The van der Waals surface area contributed by atoms with Gasteiger partial charge in [0.25, 0.3) is 0 Å². The van der Waals surface area contributed by atoms with Gasteiger partial charge >= 0.3 is 0 Å². The summed E-state index contributed by atoms with van der Waals surface area (Å²) in [6.45, 7) is 4.54.